The van der Waals surface area contributed by atoms with E-state index in [4.69, 9.17) is 16.6 Å². The van der Waals surface area contributed by atoms with E-state index in [2.05, 4.69) is 28.6 Å². The maximum Gasteiger partial charge on any atom is 0.327 e. The highest BCUT2D eigenvalue weighted by Gasteiger charge is 2.29. The Hall–Kier alpha value is -1.85. The van der Waals surface area contributed by atoms with Crippen molar-refractivity contribution in [3.8, 4) is 0 Å². The largest absolute Gasteiger partial charge is 0.480 e. The van der Waals surface area contributed by atoms with Gasteiger partial charge in [0, 0.05) is 5.75 Å². The summed E-state index contributed by atoms with van der Waals surface area (Å²) >= 11 is 3.92. The molecule has 0 aromatic heterocycles. The van der Waals surface area contributed by atoms with E-state index >= 15 is 0 Å². The molecular weight excluding hydrogens is 398 g/mol. The zero-order valence-corrected chi connectivity index (χ0v) is 18.2. The first kappa shape index (κ1) is 27.1. The highest BCUT2D eigenvalue weighted by atomic mass is 32.1. The van der Waals surface area contributed by atoms with E-state index < -0.39 is 47.9 Å². The van der Waals surface area contributed by atoms with Gasteiger partial charge in [0.2, 0.25) is 17.7 Å². The van der Waals surface area contributed by atoms with Crippen LogP contribution in [0.3, 0.4) is 0 Å². The molecule has 0 fully saturated rings. The lowest BCUT2D eigenvalue weighted by atomic mass is 10.0. The van der Waals surface area contributed by atoms with Crippen LogP contribution < -0.4 is 27.4 Å². The molecule has 8 N–H and O–H groups in total. The molecule has 0 bridgehead atoms. The molecule has 29 heavy (non-hydrogen) atoms. The van der Waals surface area contributed by atoms with Crippen molar-refractivity contribution in [2.45, 2.75) is 70.6 Å². The van der Waals surface area contributed by atoms with Crippen molar-refractivity contribution in [2.75, 3.05) is 12.3 Å². The molecule has 0 aliphatic carbocycles. The van der Waals surface area contributed by atoms with Gasteiger partial charge in [-0.2, -0.15) is 12.6 Å². The van der Waals surface area contributed by atoms with Gasteiger partial charge in [0.25, 0.3) is 0 Å². The van der Waals surface area contributed by atoms with Crippen LogP contribution in [0.1, 0.15) is 46.5 Å². The molecule has 0 radical (unpaired) electrons. The number of carboxylic acids is 1. The summed E-state index contributed by atoms with van der Waals surface area (Å²) in [4.78, 5) is 48.4. The fourth-order valence-electron chi connectivity index (χ4n) is 2.50. The van der Waals surface area contributed by atoms with Crippen LogP contribution in [0.15, 0.2) is 0 Å². The summed E-state index contributed by atoms with van der Waals surface area (Å²) in [5.41, 5.74) is 11.0. The standard InChI is InChI=1S/C18H35N5O5S/c1-10(2)8-13(22-15(24)11(3)20)17(26)21-12(6-4-5-7-19)16(25)23-14(9-29)18(27)28/h10-14,29H,4-9,19-20H2,1-3H3,(H,21,26)(H,22,24)(H,23,25)(H,27,28). The smallest absolute Gasteiger partial charge is 0.327 e. The number of nitrogens with one attached hydrogen (secondary N) is 3. The number of hydrogen-bond acceptors (Lipinski definition) is 7. The lowest BCUT2D eigenvalue weighted by molar-refractivity contribution is -0.141. The molecule has 0 saturated carbocycles. The summed E-state index contributed by atoms with van der Waals surface area (Å²) < 4.78 is 0. The van der Waals surface area contributed by atoms with Crippen molar-refractivity contribution < 1.29 is 24.3 Å². The van der Waals surface area contributed by atoms with Crippen LogP contribution in [0.4, 0.5) is 0 Å². The SMILES string of the molecule is CC(C)CC(NC(=O)C(C)N)C(=O)NC(CCCCN)C(=O)NC(CS)C(=O)O. The van der Waals surface area contributed by atoms with Crippen LogP contribution in [0, 0.1) is 5.92 Å². The minimum absolute atomic E-state index is 0.0923. The van der Waals surface area contributed by atoms with Crippen LogP contribution >= 0.6 is 12.6 Å². The third-order valence-electron chi connectivity index (χ3n) is 4.13. The average Bonchev–Trinajstić information content (AvgIpc) is 2.63. The Kier molecular flexibility index (Phi) is 13.3. The first-order chi connectivity index (χ1) is 13.5. The van der Waals surface area contributed by atoms with Gasteiger partial charge in [-0.05, 0) is 45.1 Å². The summed E-state index contributed by atoms with van der Waals surface area (Å²) in [7, 11) is 0. The number of aliphatic carboxylic acids is 1. The number of rotatable bonds is 14. The van der Waals surface area contributed by atoms with Crippen molar-refractivity contribution in [2.24, 2.45) is 17.4 Å². The van der Waals surface area contributed by atoms with E-state index in [1.165, 1.54) is 6.92 Å². The molecule has 0 heterocycles. The van der Waals surface area contributed by atoms with Gasteiger partial charge in [0.1, 0.15) is 18.1 Å². The molecule has 0 aliphatic rings. The molecule has 168 valence electrons. The van der Waals surface area contributed by atoms with Gasteiger partial charge in [-0.15, -0.1) is 0 Å². The van der Waals surface area contributed by atoms with Crippen molar-refractivity contribution in [1.82, 2.24) is 16.0 Å². The Labute approximate surface area is 177 Å². The van der Waals surface area contributed by atoms with Crippen molar-refractivity contribution in [1.29, 1.82) is 0 Å². The van der Waals surface area contributed by atoms with Crippen LogP contribution in [-0.4, -0.2) is 65.3 Å². The highest BCUT2D eigenvalue weighted by Crippen LogP contribution is 2.08. The predicted octanol–water partition coefficient (Wildman–Crippen LogP) is -1.02. The quantitative estimate of drug-likeness (QED) is 0.135. The van der Waals surface area contributed by atoms with Gasteiger partial charge in [0.15, 0.2) is 0 Å². The molecule has 3 amide bonds. The highest BCUT2D eigenvalue weighted by molar-refractivity contribution is 7.80. The zero-order valence-electron chi connectivity index (χ0n) is 17.3. The Balaban J connectivity index is 5.31. The van der Waals surface area contributed by atoms with E-state index in [0.29, 0.717) is 25.8 Å². The first-order valence-corrected chi connectivity index (χ1v) is 10.4. The molecule has 4 atom stereocenters. The molecule has 0 rings (SSSR count). The van der Waals surface area contributed by atoms with Crippen LogP contribution in [-0.2, 0) is 19.2 Å². The summed E-state index contributed by atoms with van der Waals surface area (Å²) in [6.45, 7) is 5.73. The summed E-state index contributed by atoms with van der Waals surface area (Å²) in [6, 6.07) is -3.78. The van der Waals surface area contributed by atoms with Crippen molar-refractivity contribution in [3.63, 3.8) is 0 Å². The number of hydrogen-bond donors (Lipinski definition) is 7. The van der Waals surface area contributed by atoms with Gasteiger partial charge < -0.3 is 32.5 Å². The number of nitrogens with two attached hydrogens (primary N) is 2. The van der Waals surface area contributed by atoms with Crippen LogP contribution in [0.25, 0.3) is 0 Å². The topological polar surface area (TPSA) is 177 Å². The molecule has 0 aromatic rings. The second kappa shape index (κ2) is 14.2. The Morgan fingerprint density at radius 1 is 0.897 bits per heavy atom. The van der Waals surface area contributed by atoms with Gasteiger partial charge in [-0.3, -0.25) is 14.4 Å². The van der Waals surface area contributed by atoms with E-state index in [9.17, 15) is 19.2 Å². The van der Waals surface area contributed by atoms with Gasteiger partial charge in [-0.1, -0.05) is 13.8 Å². The molecule has 4 unspecified atom stereocenters. The third kappa shape index (κ3) is 11.1. The lowest BCUT2D eigenvalue weighted by Gasteiger charge is -2.25. The second-order valence-electron chi connectivity index (χ2n) is 7.41. The van der Waals surface area contributed by atoms with Gasteiger partial charge in [0.05, 0.1) is 6.04 Å². The Morgan fingerprint density at radius 2 is 1.41 bits per heavy atom. The first-order valence-electron chi connectivity index (χ1n) is 9.73. The summed E-state index contributed by atoms with van der Waals surface area (Å²) in [6.07, 6.45) is 1.85. The Bertz CT molecular complexity index is 559. The van der Waals surface area contributed by atoms with E-state index in [1.54, 1.807) is 0 Å². The minimum atomic E-state index is -1.22. The number of carboxylic acid groups (broad SMARTS) is 1. The second-order valence-corrected chi connectivity index (χ2v) is 7.77. The average molecular weight is 434 g/mol. The van der Waals surface area contributed by atoms with Crippen molar-refractivity contribution >= 4 is 36.3 Å². The van der Waals surface area contributed by atoms with Gasteiger partial charge in [-0.25, -0.2) is 4.79 Å². The third-order valence-corrected chi connectivity index (χ3v) is 4.50. The zero-order chi connectivity index (χ0) is 22.6. The number of carbonyl (C=O) groups is 4. The number of amides is 3. The monoisotopic (exact) mass is 433 g/mol. The molecule has 0 aliphatic heterocycles. The molecule has 10 nitrogen and oxygen atoms in total. The number of unbranched alkanes of at least 4 members (excludes halogenated alkanes) is 1. The molecule has 0 spiro atoms. The number of carbonyl (C=O) groups excluding carboxylic acids is 3. The molecule has 11 heteroatoms. The van der Waals surface area contributed by atoms with Crippen LogP contribution in [0.5, 0.6) is 0 Å². The van der Waals surface area contributed by atoms with Crippen LogP contribution in [0.2, 0.25) is 0 Å². The van der Waals surface area contributed by atoms with Gasteiger partial charge >= 0.3 is 5.97 Å². The van der Waals surface area contributed by atoms with Crippen molar-refractivity contribution in [3.05, 3.63) is 0 Å². The minimum Gasteiger partial charge on any atom is -0.480 e. The van der Waals surface area contributed by atoms with E-state index in [0.717, 1.165) is 0 Å². The maximum atomic E-state index is 12.8. The molecule has 0 aromatic carbocycles. The normalized spacial score (nSPS) is 15.1. The fraction of sp³-hybridized carbons (Fsp3) is 0.778. The molecule has 0 saturated heterocycles. The fourth-order valence-corrected chi connectivity index (χ4v) is 2.75. The Morgan fingerprint density at radius 3 is 1.86 bits per heavy atom. The van der Waals surface area contributed by atoms with E-state index in [1.807, 2.05) is 13.8 Å². The molecular formula is C18H35N5O5S. The summed E-state index contributed by atoms with van der Waals surface area (Å²) in [5.74, 6) is -2.84. The lowest BCUT2D eigenvalue weighted by Crippen LogP contribution is -2.57. The van der Waals surface area contributed by atoms with E-state index in [-0.39, 0.29) is 18.1 Å². The maximum absolute atomic E-state index is 12.8. The number of thiol groups is 1. The summed E-state index contributed by atoms with van der Waals surface area (Å²) in [5, 5.41) is 16.7. The predicted molar refractivity (Wildman–Crippen MR) is 113 cm³/mol.